The van der Waals surface area contributed by atoms with Crippen LogP contribution in [0.1, 0.15) is 33.1 Å². The maximum atomic E-state index is 12.0. The van der Waals surface area contributed by atoms with Crippen LogP contribution < -0.4 is 10.6 Å². The van der Waals surface area contributed by atoms with Gasteiger partial charge in [0.1, 0.15) is 0 Å². The van der Waals surface area contributed by atoms with Crippen molar-refractivity contribution in [3.8, 4) is 0 Å². The molecular weight excluding hydrogens is 224 g/mol. The zero-order chi connectivity index (χ0) is 13.0. The van der Waals surface area contributed by atoms with E-state index in [1.165, 1.54) is 19.3 Å². The first-order valence-electron chi connectivity index (χ1n) is 6.74. The zero-order valence-electron chi connectivity index (χ0n) is 11.2. The summed E-state index contributed by atoms with van der Waals surface area (Å²) in [5.41, 5.74) is 1.33. The topological polar surface area (TPSA) is 41.1 Å². The van der Waals surface area contributed by atoms with E-state index in [1.54, 1.807) is 0 Å². The van der Waals surface area contributed by atoms with Crippen molar-refractivity contribution >= 4 is 11.6 Å². The molecule has 1 fully saturated rings. The molecule has 0 radical (unpaired) electrons. The van der Waals surface area contributed by atoms with Gasteiger partial charge in [-0.15, -0.1) is 0 Å². The molecule has 3 nitrogen and oxygen atoms in total. The third kappa shape index (κ3) is 3.33. The first-order chi connectivity index (χ1) is 8.65. The van der Waals surface area contributed by atoms with Crippen LogP contribution in [0.5, 0.6) is 0 Å². The van der Waals surface area contributed by atoms with Gasteiger partial charge >= 0.3 is 0 Å². The lowest BCUT2D eigenvalue weighted by molar-refractivity contribution is -0.117. The van der Waals surface area contributed by atoms with Crippen LogP contribution in [0, 0.1) is 5.41 Å². The van der Waals surface area contributed by atoms with Crippen LogP contribution in [-0.4, -0.2) is 18.5 Å². The highest BCUT2D eigenvalue weighted by Crippen LogP contribution is 2.47. The molecule has 1 amide bonds. The second-order valence-electron chi connectivity index (χ2n) is 5.31. The number of hydrogen-bond acceptors (Lipinski definition) is 2. The number of para-hydroxylation sites is 1. The third-order valence-corrected chi connectivity index (χ3v) is 3.92. The quantitative estimate of drug-likeness (QED) is 0.810. The molecule has 0 bridgehead atoms. The number of rotatable bonds is 6. The van der Waals surface area contributed by atoms with Crippen molar-refractivity contribution in [1.29, 1.82) is 0 Å². The molecule has 1 unspecified atom stereocenters. The van der Waals surface area contributed by atoms with Gasteiger partial charge in [0, 0.05) is 12.2 Å². The fraction of sp³-hybridized carbons (Fsp3) is 0.533. The summed E-state index contributed by atoms with van der Waals surface area (Å²) in [4.78, 5) is 12.0. The van der Waals surface area contributed by atoms with Gasteiger partial charge in [-0.3, -0.25) is 4.79 Å². The molecule has 1 aromatic rings. The normalized spacial score (nSPS) is 18.1. The predicted octanol–water partition coefficient (Wildman–Crippen LogP) is 2.79. The van der Waals surface area contributed by atoms with Crippen LogP contribution in [-0.2, 0) is 4.79 Å². The van der Waals surface area contributed by atoms with Gasteiger partial charge in [0.2, 0.25) is 5.91 Å². The minimum Gasteiger partial charge on any atom is -0.325 e. The van der Waals surface area contributed by atoms with Crippen LogP contribution in [0.2, 0.25) is 0 Å². The maximum Gasteiger partial charge on any atom is 0.241 e. The summed E-state index contributed by atoms with van der Waals surface area (Å²) in [7, 11) is 0. The van der Waals surface area contributed by atoms with Crippen molar-refractivity contribution in [3.05, 3.63) is 30.3 Å². The molecular formula is C15H22N2O. The maximum absolute atomic E-state index is 12.0. The molecule has 0 heterocycles. The molecule has 1 aliphatic carbocycles. The summed E-state index contributed by atoms with van der Waals surface area (Å²) in [5, 5.41) is 6.26. The molecule has 18 heavy (non-hydrogen) atoms. The van der Waals surface area contributed by atoms with Gasteiger partial charge in [-0.2, -0.15) is 0 Å². The van der Waals surface area contributed by atoms with Gasteiger partial charge in [-0.05, 0) is 43.7 Å². The monoisotopic (exact) mass is 246 g/mol. The first kappa shape index (κ1) is 13.1. The summed E-state index contributed by atoms with van der Waals surface area (Å²) in [6, 6.07) is 9.44. The number of hydrogen-bond donors (Lipinski definition) is 2. The summed E-state index contributed by atoms with van der Waals surface area (Å²) in [6.07, 6.45) is 3.79. The molecule has 98 valence electrons. The number of carbonyl (C=O) groups is 1. The summed E-state index contributed by atoms with van der Waals surface area (Å²) in [6.45, 7) is 5.10. The van der Waals surface area contributed by atoms with Crippen molar-refractivity contribution in [2.75, 3.05) is 11.9 Å². The average Bonchev–Trinajstić information content (AvgIpc) is 3.18. The van der Waals surface area contributed by atoms with Gasteiger partial charge in [0.05, 0.1) is 6.04 Å². The van der Waals surface area contributed by atoms with E-state index >= 15 is 0 Å². The van der Waals surface area contributed by atoms with E-state index in [2.05, 4.69) is 17.6 Å². The molecule has 0 aromatic heterocycles. The fourth-order valence-electron chi connectivity index (χ4n) is 2.07. The highest BCUT2D eigenvalue weighted by Gasteiger charge is 2.40. The Morgan fingerprint density at radius 3 is 2.56 bits per heavy atom. The van der Waals surface area contributed by atoms with E-state index in [4.69, 9.17) is 0 Å². The summed E-state index contributed by atoms with van der Waals surface area (Å²) < 4.78 is 0. The highest BCUT2D eigenvalue weighted by molar-refractivity contribution is 5.94. The molecule has 1 atom stereocenters. The third-order valence-electron chi connectivity index (χ3n) is 3.92. The SMILES string of the molecule is CCC1(CNC(C)C(=O)Nc2ccccc2)CC1. The van der Waals surface area contributed by atoms with Gasteiger partial charge in [0.15, 0.2) is 0 Å². The molecule has 2 N–H and O–H groups in total. The van der Waals surface area contributed by atoms with E-state index in [0.717, 1.165) is 12.2 Å². The molecule has 1 saturated carbocycles. The zero-order valence-corrected chi connectivity index (χ0v) is 11.2. The Kier molecular flexibility index (Phi) is 4.02. The van der Waals surface area contributed by atoms with Crippen LogP contribution in [0.4, 0.5) is 5.69 Å². The number of amides is 1. The van der Waals surface area contributed by atoms with E-state index in [1.807, 2.05) is 37.3 Å². The Morgan fingerprint density at radius 1 is 1.33 bits per heavy atom. The lowest BCUT2D eigenvalue weighted by Crippen LogP contribution is -2.40. The fourth-order valence-corrected chi connectivity index (χ4v) is 2.07. The van der Waals surface area contributed by atoms with E-state index < -0.39 is 0 Å². The molecule has 0 saturated heterocycles. The average molecular weight is 246 g/mol. The Balaban J connectivity index is 1.78. The molecule has 1 aliphatic rings. The van der Waals surface area contributed by atoms with Gasteiger partial charge in [-0.1, -0.05) is 25.1 Å². The van der Waals surface area contributed by atoms with Crippen LogP contribution >= 0.6 is 0 Å². The minimum atomic E-state index is -0.144. The van der Waals surface area contributed by atoms with E-state index in [0.29, 0.717) is 5.41 Å². The number of anilines is 1. The number of carbonyl (C=O) groups excluding carboxylic acids is 1. The summed E-state index contributed by atoms with van der Waals surface area (Å²) >= 11 is 0. The molecule has 0 aliphatic heterocycles. The van der Waals surface area contributed by atoms with E-state index in [9.17, 15) is 4.79 Å². The second-order valence-corrected chi connectivity index (χ2v) is 5.31. The largest absolute Gasteiger partial charge is 0.325 e. The van der Waals surface area contributed by atoms with Crippen molar-refractivity contribution in [2.45, 2.75) is 39.2 Å². The summed E-state index contributed by atoms with van der Waals surface area (Å²) in [5.74, 6) is 0.0353. The highest BCUT2D eigenvalue weighted by atomic mass is 16.2. The molecule has 2 rings (SSSR count). The Labute approximate surface area is 109 Å². The predicted molar refractivity (Wildman–Crippen MR) is 74.5 cm³/mol. The van der Waals surface area contributed by atoms with Crippen LogP contribution in [0.15, 0.2) is 30.3 Å². The van der Waals surface area contributed by atoms with Crippen LogP contribution in [0.25, 0.3) is 0 Å². The minimum absolute atomic E-state index is 0.0353. The Bertz CT molecular complexity index is 398. The van der Waals surface area contributed by atoms with Gasteiger partial charge in [-0.25, -0.2) is 0 Å². The van der Waals surface area contributed by atoms with Crippen molar-refractivity contribution in [1.82, 2.24) is 5.32 Å². The molecule has 0 spiro atoms. The van der Waals surface area contributed by atoms with Crippen LogP contribution in [0.3, 0.4) is 0 Å². The number of benzene rings is 1. The Morgan fingerprint density at radius 2 is 2.00 bits per heavy atom. The van der Waals surface area contributed by atoms with Gasteiger partial charge in [0.25, 0.3) is 0 Å². The van der Waals surface area contributed by atoms with E-state index in [-0.39, 0.29) is 11.9 Å². The lowest BCUT2D eigenvalue weighted by Gasteiger charge is -2.18. The van der Waals surface area contributed by atoms with Crippen molar-refractivity contribution in [2.24, 2.45) is 5.41 Å². The van der Waals surface area contributed by atoms with Crippen molar-refractivity contribution < 1.29 is 4.79 Å². The number of nitrogens with one attached hydrogen (secondary N) is 2. The smallest absolute Gasteiger partial charge is 0.241 e. The lowest BCUT2D eigenvalue weighted by atomic mass is 10.0. The molecule has 3 heteroatoms. The molecule has 1 aromatic carbocycles. The standard InChI is InChI=1S/C15H22N2O/c1-3-15(9-10-15)11-16-12(2)14(18)17-13-7-5-4-6-8-13/h4-8,12,16H,3,9-11H2,1-2H3,(H,17,18). The Hall–Kier alpha value is -1.35. The van der Waals surface area contributed by atoms with Crippen molar-refractivity contribution in [3.63, 3.8) is 0 Å². The first-order valence-corrected chi connectivity index (χ1v) is 6.74. The van der Waals surface area contributed by atoms with Gasteiger partial charge < -0.3 is 10.6 Å². The second kappa shape index (κ2) is 5.53.